The van der Waals surface area contributed by atoms with Crippen LogP contribution in [0.15, 0.2) is 48.5 Å². The van der Waals surface area contributed by atoms with Gasteiger partial charge in [0.15, 0.2) is 0 Å². The molecule has 0 aliphatic carbocycles. The summed E-state index contributed by atoms with van der Waals surface area (Å²) in [5.41, 5.74) is 4.65. The molecule has 4 rings (SSSR count). The third-order valence-corrected chi connectivity index (χ3v) is 7.61. The lowest BCUT2D eigenvalue weighted by molar-refractivity contribution is -0.129. The topological polar surface area (TPSA) is 217 Å². The Morgan fingerprint density at radius 1 is 0.771 bits per heavy atom. The van der Waals surface area contributed by atoms with Crippen molar-refractivity contribution in [1.29, 1.82) is 0 Å². The zero-order chi connectivity index (χ0) is 34.6. The molecule has 16 heteroatoms. The van der Waals surface area contributed by atoms with Gasteiger partial charge < -0.3 is 36.6 Å². The van der Waals surface area contributed by atoms with Crippen molar-refractivity contribution in [3.8, 4) is 22.5 Å². The van der Waals surface area contributed by atoms with Gasteiger partial charge in [-0.2, -0.15) is 0 Å². The minimum Gasteiger partial charge on any atom is -0.394 e. The standard InChI is InChI=1S/C32H39N9O7/c1-3-21(19-42)37-29(47)17-36-28(46)16-35-27(45)15-34-26(44)14-33-25(43)12-13-30(48)41-18-20-8-4-5-9-22(20)32-31(38-39-40(32)2)23-10-6-7-11-24(23)41/h4-11,21,42H,3,12-19H2,1-2H3,(H,33,43)(H,34,44)(H,35,45)(H,36,46)(H,37,47)/t21-/m1/s1. The maximum atomic E-state index is 13.5. The quantitative estimate of drug-likeness (QED) is 0.126. The summed E-state index contributed by atoms with van der Waals surface area (Å²) in [4.78, 5) is 75.5. The Balaban J connectivity index is 1.21. The van der Waals surface area contributed by atoms with E-state index in [0.29, 0.717) is 17.8 Å². The van der Waals surface area contributed by atoms with Gasteiger partial charge in [-0.1, -0.05) is 54.6 Å². The van der Waals surface area contributed by atoms with Gasteiger partial charge in [0, 0.05) is 31.0 Å². The molecule has 0 spiro atoms. The minimum atomic E-state index is -0.657. The van der Waals surface area contributed by atoms with E-state index in [0.717, 1.165) is 22.4 Å². The summed E-state index contributed by atoms with van der Waals surface area (Å²) in [6.45, 7) is 0.226. The molecule has 0 radical (unpaired) electrons. The van der Waals surface area contributed by atoms with Crippen molar-refractivity contribution in [2.45, 2.75) is 38.8 Å². The molecule has 0 unspecified atom stereocenters. The van der Waals surface area contributed by atoms with Crippen LogP contribution in [0.1, 0.15) is 31.7 Å². The summed E-state index contributed by atoms with van der Waals surface area (Å²) < 4.78 is 1.71. The van der Waals surface area contributed by atoms with E-state index in [4.69, 9.17) is 5.11 Å². The molecule has 0 saturated carbocycles. The molecule has 6 amide bonds. The van der Waals surface area contributed by atoms with Gasteiger partial charge in [-0.3, -0.25) is 28.8 Å². The smallest absolute Gasteiger partial charge is 0.239 e. The number of aromatic nitrogens is 3. The van der Waals surface area contributed by atoms with Crippen LogP contribution in [-0.2, 0) is 42.4 Å². The van der Waals surface area contributed by atoms with Crippen LogP contribution in [0, 0.1) is 0 Å². The van der Waals surface area contributed by atoms with Gasteiger partial charge in [-0.25, -0.2) is 4.68 Å². The molecule has 0 fully saturated rings. The number of carbonyl (C=O) groups is 6. The number of para-hydroxylation sites is 1. The Kier molecular flexibility index (Phi) is 12.3. The molecule has 6 N–H and O–H groups in total. The van der Waals surface area contributed by atoms with Crippen molar-refractivity contribution in [3.63, 3.8) is 0 Å². The second-order valence-electron chi connectivity index (χ2n) is 11.0. The lowest BCUT2D eigenvalue weighted by atomic mass is 9.95. The Hall–Kier alpha value is -5.64. The first kappa shape index (κ1) is 35.2. The number of rotatable bonds is 14. The highest BCUT2D eigenvalue weighted by molar-refractivity contribution is 6.01. The number of aliphatic hydroxyl groups is 1. The molecule has 2 heterocycles. The number of anilines is 1. The molecule has 3 aromatic rings. The maximum Gasteiger partial charge on any atom is 0.239 e. The molecule has 16 nitrogen and oxygen atoms in total. The Labute approximate surface area is 276 Å². The van der Waals surface area contributed by atoms with Crippen molar-refractivity contribution >= 4 is 41.1 Å². The van der Waals surface area contributed by atoms with Crippen molar-refractivity contribution < 1.29 is 33.9 Å². The Morgan fingerprint density at radius 3 is 1.96 bits per heavy atom. The first-order valence-corrected chi connectivity index (χ1v) is 15.5. The molecule has 0 bridgehead atoms. The normalized spacial score (nSPS) is 12.2. The molecule has 1 aromatic heterocycles. The molecule has 1 atom stereocenters. The second-order valence-corrected chi connectivity index (χ2v) is 11.0. The number of nitrogens with zero attached hydrogens (tertiary/aromatic N) is 4. The number of fused-ring (bicyclic) bond motifs is 5. The fraction of sp³-hybridized carbons (Fsp3) is 0.375. The van der Waals surface area contributed by atoms with E-state index in [9.17, 15) is 28.8 Å². The van der Waals surface area contributed by atoms with Crippen LogP contribution in [-0.4, -0.2) is 94.4 Å². The predicted octanol–water partition coefficient (Wildman–Crippen LogP) is -0.872. The van der Waals surface area contributed by atoms with Crippen LogP contribution in [0.2, 0.25) is 0 Å². The monoisotopic (exact) mass is 661 g/mol. The fourth-order valence-corrected chi connectivity index (χ4v) is 5.02. The number of carbonyl (C=O) groups excluding carboxylic acids is 6. The lowest BCUT2D eigenvalue weighted by Crippen LogP contribution is -2.47. The van der Waals surface area contributed by atoms with Crippen LogP contribution in [0.4, 0.5) is 5.69 Å². The zero-order valence-corrected chi connectivity index (χ0v) is 26.7. The van der Waals surface area contributed by atoms with Crippen LogP contribution in [0.3, 0.4) is 0 Å². The van der Waals surface area contributed by atoms with E-state index in [1.807, 2.05) is 55.6 Å². The van der Waals surface area contributed by atoms with Crippen LogP contribution >= 0.6 is 0 Å². The molecule has 48 heavy (non-hydrogen) atoms. The van der Waals surface area contributed by atoms with Crippen LogP contribution < -0.4 is 31.5 Å². The van der Waals surface area contributed by atoms with Crippen molar-refractivity contribution in [3.05, 3.63) is 54.1 Å². The number of benzene rings is 2. The van der Waals surface area contributed by atoms with Gasteiger partial charge >= 0.3 is 0 Å². The van der Waals surface area contributed by atoms with Crippen LogP contribution in [0.25, 0.3) is 22.5 Å². The first-order valence-electron chi connectivity index (χ1n) is 15.5. The van der Waals surface area contributed by atoms with Crippen molar-refractivity contribution in [1.82, 2.24) is 41.6 Å². The summed E-state index contributed by atoms with van der Waals surface area (Å²) >= 11 is 0. The summed E-state index contributed by atoms with van der Waals surface area (Å²) in [5, 5.41) is 29.7. The average Bonchev–Trinajstić information content (AvgIpc) is 3.47. The van der Waals surface area contributed by atoms with Gasteiger partial charge in [0.05, 0.1) is 56.8 Å². The SMILES string of the molecule is CC[C@H](CO)NC(=O)CNC(=O)CNC(=O)CNC(=O)CNC(=O)CCC(=O)N1Cc2ccccc2-c2c(nnn2C)-c2ccccc21. The van der Waals surface area contributed by atoms with Crippen molar-refractivity contribution in [2.75, 3.05) is 37.7 Å². The molecular weight excluding hydrogens is 622 g/mol. The zero-order valence-electron chi connectivity index (χ0n) is 26.7. The molecule has 2 aromatic carbocycles. The molecule has 1 aliphatic rings. The number of aliphatic hydroxyl groups excluding tert-OH is 1. The van der Waals surface area contributed by atoms with E-state index in [2.05, 4.69) is 36.9 Å². The summed E-state index contributed by atoms with van der Waals surface area (Å²) in [7, 11) is 1.82. The second kappa shape index (κ2) is 16.8. The number of hydrogen-bond acceptors (Lipinski definition) is 9. The molecular formula is C32H39N9O7. The van der Waals surface area contributed by atoms with E-state index in [1.54, 1.807) is 16.5 Å². The molecule has 0 saturated heterocycles. The van der Waals surface area contributed by atoms with E-state index < -0.39 is 55.2 Å². The predicted molar refractivity (Wildman–Crippen MR) is 174 cm³/mol. The lowest BCUT2D eigenvalue weighted by Gasteiger charge is -2.28. The molecule has 1 aliphatic heterocycles. The number of aryl methyl sites for hydroxylation is 1. The summed E-state index contributed by atoms with van der Waals surface area (Å²) in [6.07, 6.45) is 0.234. The van der Waals surface area contributed by atoms with E-state index >= 15 is 0 Å². The van der Waals surface area contributed by atoms with Gasteiger partial charge in [0.1, 0.15) is 5.69 Å². The van der Waals surface area contributed by atoms with Gasteiger partial charge in [0.25, 0.3) is 0 Å². The highest BCUT2D eigenvalue weighted by Gasteiger charge is 2.28. The third-order valence-electron chi connectivity index (χ3n) is 7.61. The van der Waals surface area contributed by atoms with Crippen molar-refractivity contribution in [2.24, 2.45) is 7.05 Å². The summed E-state index contributed by atoms with van der Waals surface area (Å²) in [5.74, 6) is -3.22. The van der Waals surface area contributed by atoms with Gasteiger partial charge in [0.2, 0.25) is 35.4 Å². The number of amides is 6. The fourth-order valence-electron chi connectivity index (χ4n) is 5.02. The van der Waals surface area contributed by atoms with E-state index in [1.165, 1.54) is 0 Å². The van der Waals surface area contributed by atoms with Crippen LogP contribution in [0.5, 0.6) is 0 Å². The highest BCUT2D eigenvalue weighted by atomic mass is 16.3. The number of nitrogens with one attached hydrogen (secondary N) is 5. The average molecular weight is 662 g/mol. The van der Waals surface area contributed by atoms with Gasteiger partial charge in [-0.15, -0.1) is 5.10 Å². The maximum absolute atomic E-state index is 13.5. The summed E-state index contributed by atoms with van der Waals surface area (Å²) in [6, 6.07) is 14.7. The Morgan fingerprint density at radius 2 is 1.33 bits per heavy atom. The van der Waals surface area contributed by atoms with Gasteiger partial charge in [-0.05, 0) is 18.1 Å². The van der Waals surface area contributed by atoms with E-state index in [-0.39, 0.29) is 38.4 Å². The molecule has 254 valence electrons. The largest absolute Gasteiger partial charge is 0.394 e. The third kappa shape index (κ3) is 9.22. The first-order chi connectivity index (χ1) is 23.1. The highest BCUT2D eigenvalue weighted by Crippen LogP contribution is 2.40. The number of hydrogen-bond donors (Lipinski definition) is 6. The minimum absolute atomic E-state index is 0.121. The Bertz CT molecular complexity index is 1670.